The van der Waals surface area contributed by atoms with Gasteiger partial charge in [-0.15, -0.1) is 0 Å². The minimum absolute atomic E-state index is 0.0511. The lowest BCUT2D eigenvalue weighted by Crippen LogP contribution is -2.07. The van der Waals surface area contributed by atoms with Gasteiger partial charge in [-0.25, -0.2) is 0 Å². The Bertz CT molecular complexity index is 484. The topological polar surface area (TPSA) is 40.9 Å². The number of alkyl halides is 3. The molecule has 2 nitrogen and oxygen atoms in total. The highest BCUT2D eigenvalue weighted by Gasteiger charge is 2.32. The van der Waals surface area contributed by atoms with Crippen molar-refractivity contribution < 1.29 is 18.0 Å². The maximum absolute atomic E-state index is 12.7. The number of allylic oxidation sites excluding steroid dienone is 1. The molecule has 0 heterocycles. The number of hydrogen-bond donors (Lipinski definition) is 0. The van der Waals surface area contributed by atoms with Crippen molar-refractivity contribution in [3.05, 3.63) is 41.0 Å². The Morgan fingerprint density at radius 3 is 2.59 bits per heavy atom. The van der Waals surface area contributed by atoms with Crippen LogP contribution in [0.3, 0.4) is 0 Å². The van der Waals surface area contributed by atoms with Gasteiger partial charge in [0, 0.05) is 6.42 Å². The van der Waals surface area contributed by atoms with Crippen molar-refractivity contribution in [3.8, 4) is 6.07 Å². The van der Waals surface area contributed by atoms with Crippen molar-refractivity contribution in [2.75, 3.05) is 0 Å². The van der Waals surface area contributed by atoms with E-state index in [-0.39, 0.29) is 17.5 Å². The van der Waals surface area contributed by atoms with Gasteiger partial charge in [0.2, 0.25) is 0 Å². The van der Waals surface area contributed by atoms with Crippen LogP contribution in [0.5, 0.6) is 0 Å². The molecular formula is C12H8F3NO. The second-order valence-electron chi connectivity index (χ2n) is 3.22. The Balaban J connectivity index is 3.21. The van der Waals surface area contributed by atoms with Crippen molar-refractivity contribution in [3.63, 3.8) is 0 Å². The van der Waals surface area contributed by atoms with Gasteiger partial charge in [-0.05, 0) is 17.7 Å². The van der Waals surface area contributed by atoms with Gasteiger partial charge in [0.1, 0.15) is 6.29 Å². The zero-order chi connectivity index (χ0) is 12.9. The molecule has 0 atom stereocenters. The average Bonchev–Trinajstić information content (AvgIpc) is 2.28. The lowest BCUT2D eigenvalue weighted by Gasteiger charge is -2.10. The Kier molecular flexibility index (Phi) is 4.05. The van der Waals surface area contributed by atoms with E-state index >= 15 is 0 Å². The Morgan fingerprint density at radius 2 is 2.06 bits per heavy atom. The van der Waals surface area contributed by atoms with E-state index in [1.165, 1.54) is 24.3 Å². The molecule has 1 rings (SSSR count). The van der Waals surface area contributed by atoms with Crippen LogP contribution in [0.4, 0.5) is 13.2 Å². The van der Waals surface area contributed by atoms with E-state index in [0.29, 0.717) is 6.29 Å². The molecule has 0 N–H and O–H groups in total. The number of hydrogen-bond acceptors (Lipinski definition) is 2. The monoisotopic (exact) mass is 239 g/mol. The SMILES string of the molecule is N#Cc1ccc(C=CCC=O)c(C(F)(F)F)c1. The third-order valence-electron chi connectivity index (χ3n) is 2.02. The summed E-state index contributed by atoms with van der Waals surface area (Å²) in [4.78, 5) is 10.1. The molecule has 0 fully saturated rings. The molecule has 88 valence electrons. The molecule has 0 saturated carbocycles. The predicted molar refractivity (Wildman–Crippen MR) is 55.9 cm³/mol. The standard InChI is InChI=1S/C12H8F3NO/c13-12(14,15)11-7-9(8-16)4-5-10(11)3-1-2-6-17/h1,3-7H,2H2. The summed E-state index contributed by atoms with van der Waals surface area (Å²) in [5, 5.41) is 8.55. The summed E-state index contributed by atoms with van der Waals surface area (Å²) in [6.07, 6.45) is -1.32. The van der Waals surface area contributed by atoms with Crippen LogP contribution >= 0.6 is 0 Å². The zero-order valence-corrected chi connectivity index (χ0v) is 8.66. The van der Waals surface area contributed by atoms with Crippen LogP contribution in [0.1, 0.15) is 23.1 Å². The first kappa shape index (κ1) is 13.0. The fraction of sp³-hybridized carbons (Fsp3) is 0.167. The largest absolute Gasteiger partial charge is 0.417 e. The van der Waals surface area contributed by atoms with Crippen molar-refractivity contribution in [2.24, 2.45) is 0 Å². The van der Waals surface area contributed by atoms with E-state index in [1.54, 1.807) is 6.07 Å². The van der Waals surface area contributed by atoms with Crippen molar-refractivity contribution in [1.82, 2.24) is 0 Å². The van der Waals surface area contributed by atoms with Gasteiger partial charge in [0.15, 0.2) is 0 Å². The van der Waals surface area contributed by atoms with Gasteiger partial charge in [-0.3, -0.25) is 0 Å². The van der Waals surface area contributed by atoms with Crippen LogP contribution in [-0.2, 0) is 11.0 Å². The summed E-state index contributed by atoms with van der Waals surface area (Å²) in [5.41, 5.74) is -0.984. The second-order valence-corrected chi connectivity index (χ2v) is 3.22. The van der Waals surface area contributed by atoms with Gasteiger partial charge in [-0.2, -0.15) is 18.4 Å². The number of nitrogens with zero attached hydrogens (tertiary/aromatic N) is 1. The lowest BCUT2D eigenvalue weighted by atomic mass is 10.0. The summed E-state index contributed by atoms with van der Waals surface area (Å²) in [6.45, 7) is 0. The third-order valence-corrected chi connectivity index (χ3v) is 2.02. The average molecular weight is 239 g/mol. The first-order chi connectivity index (χ1) is 7.99. The molecule has 0 radical (unpaired) electrons. The van der Waals surface area contributed by atoms with E-state index in [9.17, 15) is 18.0 Å². The van der Waals surface area contributed by atoms with E-state index in [1.807, 2.05) is 0 Å². The van der Waals surface area contributed by atoms with Gasteiger partial charge < -0.3 is 4.79 Å². The van der Waals surface area contributed by atoms with Crippen molar-refractivity contribution in [1.29, 1.82) is 5.26 Å². The number of halogens is 3. The molecule has 1 aromatic carbocycles. The van der Waals surface area contributed by atoms with E-state index in [0.717, 1.165) is 6.07 Å². The van der Waals surface area contributed by atoms with Crippen LogP contribution in [0.15, 0.2) is 24.3 Å². The summed E-state index contributed by atoms with van der Waals surface area (Å²) in [7, 11) is 0. The maximum Gasteiger partial charge on any atom is 0.417 e. The van der Waals surface area contributed by atoms with Crippen LogP contribution in [-0.4, -0.2) is 6.29 Å². The summed E-state index contributed by atoms with van der Waals surface area (Å²) < 4.78 is 38.0. The van der Waals surface area contributed by atoms with E-state index in [4.69, 9.17) is 5.26 Å². The predicted octanol–water partition coefficient (Wildman–Crippen LogP) is 3.18. The van der Waals surface area contributed by atoms with Crippen molar-refractivity contribution >= 4 is 12.4 Å². The summed E-state index contributed by atoms with van der Waals surface area (Å²) >= 11 is 0. The molecule has 0 aliphatic carbocycles. The van der Waals surface area contributed by atoms with Crippen LogP contribution in [0.25, 0.3) is 6.08 Å². The minimum Gasteiger partial charge on any atom is -0.303 e. The minimum atomic E-state index is -4.52. The Morgan fingerprint density at radius 1 is 1.35 bits per heavy atom. The maximum atomic E-state index is 12.7. The molecule has 1 aromatic rings. The highest BCUT2D eigenvalue weighted by Crippen LogP contribution is 2.33. The molecule has 0 bridgehead atoms. The number of rotatable bonds is 3. The van der Waals surface area contributed by atoms with Gasteiger partial charge in [-0.1, -0.05) is 18.2 Å². The second kappa shape index (κ2) is 5.30. The molecule has 0 amide bonds. The van der Waals surface area contributed by atoms with Crippen LogP contribution in [0, 0.1) is 11.3 Å². The molecule has 0 aromatic heterocycles. The quantitative estimate of drug-likeness (QED) is 0.760. The number of nitriles is 1. The van der Waals surface area contributed by atoms with E-state index < -0.39 is 11.7 Å². The molecule has 0 spiro atoms. The Labute approximate surface area is 96.0 Å². The normalized spacial score (nSPS) is 11.4. The third kappa shape index (κ3) is 3.45. The zero-order valence-electron chi connectivity index (χ0n) is 8.66. The molecule has 0 aliphatic rings. The Hall–Kier alpha value is -2.09. The molecular weight excluding hydrogens is 231 g/mol. The molecule has 0 unspecified atom stereocenters. The molecule has 5 heteroatoms. The molecule has 0 saturated heterocycles. The molecule has 17 heavy (non-hydrogen) atoms. The highest BCUT2D eigenvalue weighted by molar-refractivity contribution is 5.61. The first-order valence-corrected chi connectivity index (χ1v) is 4.70. The summed E-state index contributed by atoms with van der Waals surface area (Å²) in [6, 6.07) is 4.96. The fourth-order valence-electron chi connectivity index (χ4n) is 1.27. The lowest BCUT2D eigenvalue weighted by molar-refractivity contribution is -0.137. The number of carbonyl (C=O) groups excluding carboxylic acids is 1. The van der Waals surface area contributed by atoms with E-state index in [2.05, 4.69) is 0 Å². The van der Waals surface area contributed by atoms with Gasteiger partial charge in [0.05, 0.1) is 17.2 Å². The van der Waals surface area contributed by atoms with Gasteiger partial charge >= 0.3 is 6.18 Å². The number of carbonyl (C=O) groups is 1. The number of benzene rings is 1. The smallest absolute Gasteiger partial charge is 0.303 e. The van der Waals surface area contributed by atoms with Gasteiger partial charge in [0.25, 0.3) is 0 Å². The highest BCUT2D eigenvalue weighted by atomic mass is 19.4. The fourth-order valence-corrected chi connectivity index (χ4v) is 1.27. The van der Waals surface area contributed by atoms with Crippen LogP contribution < -0.4 is 0 Å². The number of aldehydes is 1. The molecule has 0 aliphatic heterocycles. The summed E-state index contributed by atoms with van der Waals surface area (Å²) in [5.74, 6) is 0. The van der Waals surface area contributed by atoms with Crippen LogP contribution in [0.2, 0.25) is 0 Å². The first-order valence-electron chi connectivity index (χ1n) is 4.70. The van der Waals surface area contributed by atoms with Crippen molar-refractivity contribution in [2.45, 2.75) is 12.6 Å².